The maximum absolute atomic E-state index is 13.3. The lowest BCUT2D eigenvalue weighted by Crippen LogP contribution is -2.15. The van der Waals surface area contributed by atoms with E-state index in [1.165, 1.54) is 24.3 Å². The molecule has 0 aliphatic rings. The van der Waals surface area contributed by atoms with E-state index in [9.17, 15) is 28.1 Å². The Labute approximate surface area is 137 Å². The van der Waals surface area contributed by atoms with Crippen LogP contribution in [-0.2, 0) is 6.18 Å². The van der Waals surface area contributed by atoms with E-state index < -0.39 is 39.6 Å². The summed E-state index contributed by atoms with van der Waals surface area (Å²) in [5.41, 5.74) is 0.749. The Morgan fingerprint density at radius 2 is 1.72 bits per heavy atom. The molecule has 0 saturated heterocycles. The van der Waals surface area contributed by atoms with E-state index in [4.69, 9.17) is 10.8 Å². The van der Waals surface area contributed by atoms with Gasteiger partial charge in [-0.15, -0.1) is 5.11 Å². The smallest absolute Gasteiger partial charge is 0.419 e. The van der Waals surface area contributed by atoms with Crippen molar-refractivity contribution in [3.8, 4) is 0 Å². The molecule has 0 heterocycles. The van der Waals surface area contributed by atoms with Gasteiger partial charge in [0.05, 0.1) is 16.3 Å². The normalized spacial score (nSPS) is 11.6. The number of carboxylic acid groups (broad SMARTS) is 1. The molecule has 3 N–H and O–H groups in total. The Morgan fingerprint density at radius 3 is 2.20 bits per heavy atom. The molecule has 0 radical (unpaired) electrons. The lowest BCUT2D eigenvalue weighted by molar-refractivity contribution is -0.385. The Bertz CT molecular complexity index is 864. The monoisotopic (exact) mass is 354 g/mol. The number of hydrogen-bond donors (Lipinski definition) is 2. The maximum atomic E-state index is 13.3. The molecule has 25 heavy (non-hydrogen) atoms. The van der Waals surface area contributed by atoms with Crippen molar-refractivity contribution < 1.29 is 28.0 Å². The van der Waals surface area contributed by atoms with Gasteiger partial charge >= 0.3 is 12.1 Å². The molecule has 0 saturated carbocycles. The number of carbonyl (C=O) groups is 1. The Kier molecular flexibility index (Phi) is 4.68. The van der Waals surface area contributed by atoms with Gasteiger partial charge in [-0.2, -0.15) is 18.3 Å². The molecular formula is C14H9F3N4O4. The molecule has 0 amide bonds. The molecule has 0 aromatic heterocycles. The molecule has 130 valence electrons. The van der Waals surface area contributed by atoms with E-state index >= 15 is 0 Å². The molecule has 2 aromatic rings. The van der Waals surface area contributed by atoms with Crippen molar-refractivity contribution >= 4 is 28.7 Å². The number of nitro groups is 1. The second-order valence-corrected chi connectivity index (χ2v) is 4.71. The van der Waals surface area contributed by atoms with Crippen molar-refractivity contribution in [2.45, 2.75) is 6.18 Å². The fourth-order valence-corrected chi connectivity index (χ4v) is 1.97. The third-order valence-electron chi connectivity index (χ3n) is 3.02. The van der Waals surface area contributed by atoms with E-state index in [1.54, 1.807) is 0 Å². The summed E-state index contributed by atoms with van der Waals surface area (Å²) in [5, 5.41) is 26.8. The molecule has 8 nitrogen and oxygen atoms in total. The molecule has 0 atom stereocenters. The number of hydrogen-bond acceptors (Lipinski definition) is 6. The summed E-state index contributed by atoms with van der Waals surface area (Å²) < 4.78 is 39.9. The second-order valence-electron chi connectivity index (χ2n) is 4.71. The summed E-state index contributed by atoms with van der Waals surface area (Å²) in [6.45, 7) is 0. The summed E-state index contributed by atoms with van der Waals surface area (Å²) in [7, 11) is 0. The number of benzene rings is 2. The summed E-state index contributed by atoms with van der Waals surface area (Å²) in [6, 6.07) is 6.98. The molecule has 11 heteroatoms. The highest BCUT2D eigenvalue weighted by Crippen LogP contribution is 2.42. The third-order valence-corrected chi connectivity index (χ3v) is 3.02. The van der Waals surface area contributed by atoms with Crippen LogP contribution in [0, 0.1) is 10.1 Å². The van der Waals surface area contributed by atoms with Gasteiger partial charge in [-0.1, -0.05) is 0 Å². The fourth-order valence-electron chi connectivity index (χ4n) is 1.97. The molecule has 0 fully saturated rings. The summed E-state index contributed by atoms with van der Waals surface area (Å²) in [6.07, 6.45) is -5.19. The van der Waals surface area contributed by atoms with Crippen molar-refractivity contribution in [3.05, 3.63) is 57.6 Å². The SMILES string of the molecule is Nc1ccc(/N=N/c2ccc([N+](=O)[O-])c(C(=O)O)c2C(F)(F)F)cc1. The van der Waals surface area contributed by atoms with Crippen LogP contribution in [0.1, 0.15) is 15.9 Å². The number of nitrogens with zero attached hydrogens (tertiary/aromatic N) is 3. The van der Waals surface area contributed by atoms with Gasteiger partial charge in [-0.05, 0) is 30.3 Å². The van der Waals surface area contributed by atoms with Gasteiger partial charge in [0, 0.05) is 11.8 Å². The zero-order valence-electron chi connectivity index (χ0n) is 12.2. The van der Waals surface area contributed by atoms with Gasteiger partial charge in [-0.25, -0.2) is 4.79 Å². The zero-order chi connectivity index (χ0) is 18.8. The predicted molar refractivity (Wildman–Crippen MR) is 80.1 cm³/mol. The summed E-state index contributed by atoms with van der Waals surface area (Å²) in [5.74, 6) is -2.09. The first-order valence-electron chi connectivity index (χ1n) is 6.50. The van der Waals surface area contributed by atoms with Crippen molar-refractivity contribution in [1.29, 1.82) is 0 Å². The lowest BCUT2D eigenvalue weighted by atomic mass is 10.0. The molecule has 2 rings (SSSR count). The average molecular weight is 354 g/mol. The van der Waals surface area contributed by atoms with Crippen molar-refractivity contribution in [2.24, 2.45) is 10.2 Å². The van der Waals surface area contributed by atoms with Gasteiger partial charge in [0.1, 0.15) is 5.56 Å². The minimum atomic E-state index is -5.19. The Balaban J connectivity index is 2.65. The van der Waals surface area contributed by atoms with E-state index in [1.807, 2.05) is 0 Å². The topological polar surface area (TPSA) is 131 Å². The minimum Gasteiger partial charge on any atom is -0.477 e. The van der Waals surface area contributed by atoms with Crippen LogP contribution < -0.4 is 5.73 Å². The van der Waals surface area contributed by atoms with Crippen LogP contribution in [0.3, 0.4) is 0 Å². The van der Waals surface area contributed by atoms with Crippen LogP contribution >= 0.6 is 0 Å². The van der Waals surface area contributed by atoms with Gasteiger partial charge in [0.2, 0.25) is 0 Å². The van der Waals surface area contributed by atoms with Gasteiger partial charge in [0.15, 0.2) is 5.56 Å². The number of nitrogens with two attached hydrogens (primary N) is 1. The summed E-state index contributed by atoms with van der Waals surface area (Å²) in [4.78, 5) is 20.8. The van der Waals surface area contributed by atoms with Crippen LogP contribution in [0.5, 0.6) is 0 Å². The number of aromatic carboxylic acids is 1. The first-order valence-corrected chi connectivity index (χ1v) is 6.50. The molecule has 0 aliphatic heterocycles. The molecule has 2 aromatic carbocycles. The van der Waals surface area contributed by atoms with Crippen LogP contribution in [-0.4, -0.2) is 16.0 Å². The first kappa shape index (κ1) is 17.8. The van der Waals surface area contributed by atoms with Crippen molar-refractivity contribution in [3.63, 3.8) is 0 Å². The van der Waals surface area contributed by atoms with Gasteiger partial charge in [0.25, 0.3) is 5.69 Å². The minimum absolute atomic E-state index is 0.164. The van der Waals surface area contributed by atoms with Crippen LogP contribution in [0.25, 0.3) is 0 Å². The number of nitrogen functional groups attached to an aromatic ring is 1. The fraction of sp³-hybridized carbons (Fsp3) is 0.0714. The number of halogens is 3. The number of alkyl halides is 3. The average Bonchev–Trinajstić information content (AvgIpc) is 2.52. The van der Waals surface area contributed by atoms with Gasteiger partial charge < -0.3 is 10.8 Å². The maximum Gasteiger partial charge on any atom is 0.419 e. The number of carboxylic acids is 1. The van der Waals surface area contributed by atoms with E-state index in [0.29, 0.717) is 17.8 Å². The number of rotatable bonds is 4. The third kappa shape index (κ3) is 3.88. The molecule has 0 aliphatic carbocycles. The van der Waals surface area contributed by atoms with Crippen molar-refractivity contribution in [1.82, 2.24) is 0 Å². The lowest BCUT2D eigenvalue weighted by Gasteiger charge is -2.12. The van der Waals surface area contributed by atoms with Crippen LogP contribution in [0.2, 0.25) is 0 Å². The Morgan fingerprint density at radius 1 is 1.12 bits per heavy atom. The van der Waals surface area contributed by atoms with E-state index in [2.05, 4.69) is 10.2 Å². The van der Waals surface area contributed by atoms with Crippen molar-refractivity contribution in [2.75, 3.05) is 5.73 Å². The first-order chi connectivity index (χ1) is 11.6. The zero-order valence-corrected chi connectivity index (χ0v) is 12.2. The number of azo groups is 1. The highest BCUT2D eigenvalue weighted by Gasteiger charge is 2.42. The molecule has 0 spiro atoms. The van der Waals surface area contributed by atoms with Crippen LogP contribution in [0.15, 0.2) is 46.6 Å². The highest BCUT2D eigenvalue weighted by molar-refractivity contribution is 5.96. The van der Waals surface area contributed by atoms with Crippen LogP contribution in [0.4, 0.5) is 35.9 Å². The van der Waals surface area contributed by atoms with E-state index in [0.717, 1.165) is 0 Å². The molecular weight excluding hydrogens is 345 g/mol. The second kappa shape index (κ2) is 6.55. The molecule has 0 unspecified atom stereocenters. The number of nitro benzene ring substituents is 1. The Hall–Kier alpha value is -3.50. The molecule has 0 bridgehead atoms. The quantitative estimate of drug-likeness (QED) is 0.365. The predicted octanol–water partition coefficient (Wildman–Crippen LogP) is 4.31. The standard InChI is InChI=1S/C14H9F3N4O4/c15-14(16,17)12-9(20-19-8-3-1-7(18)2-4-8)5-6-10(21(24)25)11(12)13(22)23/h1-6H,18H2,(H,22,23)/b20-19+. The van der Waals surface area contributed by atoms with E-state index in [-0.39, 0.29) is 5.69 Å². The highest BCUT2D eigenvalue weighted by atomic mass is 19.4. The number of anilines is 1. The largest absolute Gasteiger partial charge is 0.477 e. The van der Waals surface area contributed by atoms with Gasteiger partial charge in [-0.3, -0.25) is 10.1 Å². The summed E-state index contributed by atoms with van der Waals surface area (Å²) >= 11 is 0.